The fourth-order valence-corrected chi connectivity index (χ4v) is 1.71. The molecule has 90 valence electrons. The van der Waals surface area contributed by atoms with E-state index in [0.29, 0.717) is 11.6 Å². The first-order valence-corrected chi connectivity index (χ1v) is 5.82. The zero-order valence-corrected chi connectivity index (χ0v) is 10.3. The van der Waals surface area contributed by atoms with E-state index in [9.17, 15) is 5.11 Å². The first-order valence-electron chi connectivity index (χ1n) is 5.44. The number of phenols is 1. The minimum atomic E-state index is 0.122. The summed E-state index contributed by atoms with van der Waals surface area (Å²) in [4.78, 5) is 0. The summed E-state index contributed by atoms with van der Waals surface area (Å²) < 4.78 is 1.83. The quantitative estimate of drug-likeness (QED) is 0.879. The number of aryl methyl sites for hydroxylation is 1. The molecule has 2 aromatic rings. The van der Waals surface area contributed by atoms with Gasteiger partial charge in [0.05, 0.1) is 5.02 Å². The number of hydrogen-bond acceptors (Lipinski definition) is 3. The van der Waals surface area contributed by atoms with Crippen molar-refractivity contribution in [3.63, 3.8) is 0 Å². The Morgan fingerprint density at radius 2 is 2.24 bits per heavy atom. The molecule has 1 heterocycles. The van der Waals surface area contributed by atoms with Gasteiger partial charge in [-0.1, -0.05) is 23.7 Å². The van der Waals surface area contributed by atoms with Crippen molar-refractivity contribution in [2.45, 2.75) is 20.0 Å². The van der Waals surface area contributed by atoms with Crippen molar-refractivity contribution in [2.24, 2.45) is 0 Å². The van der Waals surface area contributed by atoms with Crippen molar-refractivity contribution in [1.29, 1.82) is 0 Å². The third-order valence-corrected chi connectivity index (χ3v) is 2.80. The van der Waals surface area contributed by atoms with Crippen LogP contribution in [0.1, 0.15) is 12.5 Å². The van der Waals surface area contributed by atoms with Crippen LogP contribution in [0.25, 0.3) is 0 Å². The van der Waals surface area contributed by atoms with E-state index in [4.69, 9.17) is 11.6 Å². The van der Waals surface area contributed by atoms with Gasteiger partial charge >= 0.3 is 0 Å². The summed E-state index contributed by atoms with van der Waals surface area (Å²) in [6.07, 6.45) is 1.90. The molecule has 2 rings (SSSR count). The number of aromatic nitrogens is 2. The Balaban J connectivity index is 2.04. The molecule has 0 unspecified atom stereocenters. The summed E-state index contributed by atoms with van der Waals surface area (Å²) in [5, 5.41) is 17.5. The molecule has 2 N–H and O–H groups in total. The van der Waals surface area contributed by atoms with Crippen LogP contribution in [0, 0.1) is 0 Å². The van der Waals surface area contributed by atoms with Crippen LogP contribution in [0.15, 0.2) is 30.5 Å². The smallest absolute Gasteiger partial charge is 0.148 e. The van der Waals surface area contributed by atoms with E-state index in [-0.39, 0.29) is 5.75 Å². The van der Waals surface area contributed by atoms with Gasteiger partial charge in [0.2, 0.25) is 0 Å². The first-order chi connectivity index (χ1) is 8.20. The fourth-order valence-electron chi connectivity index (χ4n) is 1.52. The average molecular weight is 252 g/mol. The van der Waals surface area contributed by atoms with Crippen molar-refractivity contribution in [3.05, 3.63) is 41.0 Å². The summed E-state index contributed by atoms with van der Waals surface area (Å²) in [5.74, 6) is 0.905. The van der Waals surface area contributed by atoms with Crippen molar-refractivity contribution in [3.8, 4) is 5.75 Å². The molecule has 0 radical (unpaired) electrons. The number of phenolic OH excluding ortho intramolecular Hbond substituents is 1. The molecule has 1 aromatic carbocycles. The Morgan fingerprint density at radius 1 is 1.41 bits per heavy atom. The van der Waals surface area contributed by atoms with E-state index in [1.807, 2.05) is 36.0 Å². The zero-order valence-electron chi connectivity index (χ0n) is 9.52. The Hall–Kier alpha value is -1.68. The van der Waals surface area contributed by atoms with Crippen molar-refractivity contribution < 1.29 is 5.11 Å². The number of benzene rings is 1. The van der Waals surface area contributed by atoms with Crippen molar-refractivity contribution >= 4 is 17.4 Å². The van der Waals surface area contributed by atoms with Crippen LogP contribution in [-0.4, -0.2) is 14.9 Å². The number of aromatic hydroxyl groups is 1. The second kappa shape index (κ2) is 5.10. The maximum atomic E-state index is 9.73. The summed E-state index contributed by atoms with van der Waals surface area (Å²) in [6, 6.07) is 7.19. The summed E-state index contributed by atoms with van der Waals surface area (Å²) in [6.45, 7) is 3.36. The SMILES string of the molecule is CCn1ccc(NCc2cccc(Cl)c2O)n1. The van der Waals surface area contributed by atoms with E-state index < -0.39 is 0 Å². The predicted molar refractivity (Wildman–Crippen MR) is 68.3 cm³/mol. The molecule has 1 aromatic heterocycles. The van der Waals surface area contributed by atoms with E-state index in [1.165, 1.54) is 0 Å². The summed E-state index contributed by atoms with van der Waals surface area (Å²) in [7, 11) is 0. The van der Waals surface area contributed by atoms with E-state index >= 15 is 0 Å². The van der Waals surface area contributed by atoms with Crippen LogP contribution < -0.4 is 5.32 Å². The molecule has 0 saturated heterocycles. The van der Waals surface area contributed by atoms with Gasteiger partial charge in [-0.3, -0.25) is 4.68 Å². The zero-order chi connectivity index (χ0) is 12.3. The van der Waals surface area contributed by atoms with Gasteiger partial charge in [0, 0.05) is 30.9 Å². The van der Waals surface area contributed by atoms with Crippen LogP contribution in [0.3, 0.4) is 0 Å². The summed E-state index contributed by atoms with van der Waals surface area (Å²) in [5.41, 5.74) is 0.753. The van der Waals surface area contributed by atoms with Gasteiger partial charge in [-0.25, -0.2) is 0 Å². The molecule has 0 aliphatic heterocycles. The van der Waals surface area contributed by atoms with Crippen LogP contribution in [0.2, 0.25) is 5.02 Å². The Morgan fingerprint density at radius 3 is 2.94 bits per heavy atom. The van der Waals surface area contributed by atoms with Crippen LogP contribution >= 0.6 is 11.6 Å². The van der Waals surface area contributed by atoms with Gasteiger partial charge < -0.3 is 10.4 Å². The van der Waals surface area contributed by atoms with Crippen molar-refractivity contribution in [1.82, 2.24) is 9.78 Å². The van der Waals surface area contributed by atoms with Gasteiger partial charge in [0.25, 0.3) is 0 Å². The Kier molecular flexibility index (Phi) is 3.54. The van der Waals surface area contributed by atoms with Gasteiger partial charge in [-0.05, 0) is 13.0 Å². The van der Waals surface area contributed by atoms with Crippen LogP contribution in [0.4, 0.5) is 5.82 Å². The maximum absolute atomic E-state index is 9.73. The van der Waals surface area contributed by atoms with Gasteiger partial charge in [-0.15, -0.1) is 0 Å². The number of anilines is 1. The average Bonchev–Trinajstić information content (AvgIpc) is 2.79. The molecule has 5 heteroatoms. The lowest BCUT2D eigenvalue weighted by molar-refractivity contribution is 0.469. The molecule has 4 nitrogen and oxygen atoms in total. The van der Waals surface area contributed by atoms with Crippen molar-refractivity contribution in [2.75, 3.05) is 5.32 Å². The first kappa shape index (κ1) is 11.8. The highest BCUT2D eigenvalue weighted by Crippen LogP contribution is 2.27. The highest BCUT2D eigenvalue weighted by atomic mass is 35.5. The van der Waals surface area contributed by atoms with Gasteiger partial charge in [-0.2, -0.15) is 5.10 Å². The second-order valence-electron chi connectivity index (χ2n) is 3.66. The minimum Gasteiger partial charge on any atom is -0.506 e. The maximum Gasteiger partial charge on any atom is 0.148 e. The Labute approximate surface area is 105 Å². The number of nitrogens with zero attached hydrogens (tertiary/aromatic N) is 2. The molecule has 0 aliphatic carbocycles. The molecule has 0 spiro atoms. The molecule has 0 atom stereocenters. The lowest BCUT2D eigenvalue weighted by atomic mass is 10.2. The number of halogens is 1. The largest absolute Gasteiger partial charge is 0.506 e. The lowest BCUT2D eigenvalue weighted by Crippen LogP contribution is -2.02. The highest BCUT2D eigenvalue weighted by molar-refractivity contribution is 6.32. The molecule has 0 fully saturated rings. The van der Waals surface area contributed by atoms with Gasteiger partial charge in [0.15, 0.2) is 0 Å². The number of para-hydroxylation sites is 1. The van der Waals surface area contributed by atoms with E-state index in [1.54, 1.807) is 6.07 Å². The molecule has 0 amide bonds. The monoisotopic (exact) mass is 251 g/mol. The standard InChI is InChI=1S/C12H14ClN3O/c1-2-16-7-6-11(15-16)14-8-9-4-3-5-10(13)12(9)17/h3-7,17H,2,8H2,1H3,(H,14,15). The second-order valence-corrected chi connectivity index (χ2v) is 4.06. The minimum absolute atomic E-state index is 0.122. The number of hydrogen-bond donors (Lipinski definition) is 2. The topological polar surface area (TPSA) is 50.1 Å². The molecule has 0 aliphatic rings. The summed E-state index contributed by atoms with van der Waals surface area (Å²) >= 11 is 5.82. The third kappa shape index (κ3) is 2.71. The third-order valence-electron chi connectivity index (χ3n) is 2.49. The molecule has 0 saturated carbocycles. The molecule has 17 heavy (non-hydrogen) atoms. The molecular weight excluding hydrogens is 238 g/mol. The normalized spacial score (nSPS) is 10.5. The highest BCUT2D eigenvalue weighted by Gasteiger charge is 2.05. The molecule has 0 bridgehead atoms. The fraction of sp³-hybridized carbons (Fsp3) is 0.250. The van der Waals surface area contributed by atoms with Crippen LogP contribution in [0.5, 0.6) is 5.75 Å². The van der Waals surface area contributed by atoms with Gasteiger partial charge in [0.1, 0.15) is 11.6 Å². The number of nitrogens with one attached hydrogen (secondary N) is 1. The predicted octanol–water partition coefficient (Wildman–Crippen LogP) is 2.87. The van der Waals surface area contributed by atoms with Crippen LogP contribution in [-0.2, 0) is 13.1 Å². The van der Waals surface area contributed by atoms with E-state index in [2.05, 4.69) is 10.4 Å². The van der Waals surface area contributed by atoms with E-state index in [0.717, 1.165) is 17.9 Å². The molecular formula is C12H14ClN3O. The Bertz CT molecular complexity index is 510. The lowest BCUT2D eigenvalue weighted by Gasteiger charge is -2.06. The number of rotatable bonds is 4.